The van der Waals surface area contributed by atoms with Crippen LogP contribution in [0, 0.1) is 12.4 Å². The quantitative estimate of drug-likeness (QED) is 0.640. The number of nitrogens with zero attached hydrogens (tertiary/aromatic N) is 2. The first-order chi connectivity index (χ1) is 6.72. The van der Waals surface area contributed by atoms with E-state index in [1.807, 2.05) is 0 Å². The fourth-order valence-corrected chi connectivity index (χ4v) is 1.16. The number of aromatic nitrogens is 2. The fraction of sp³-hybridized carbons (Fsp3) is 0. The minimum absolute atomic E-state index is 0.170. The van der Waals surface area contributed by atoms with Crippen LogP contribution in [0.25, 0.3) is 15.7 Å². The van der Waals surface area contributed by atoms with Crippen molar-refractivity contribution in [3.05, 3.63) is 46.0 Å². The van der Waals surface area contributed by atoms with Crippen LogP contribution in [-0.2, 0) is 0 Å². The molecule has 1 heterocycles. The topological polar surface area (TPSA) is 50.1 Å². The third-order valence-corrected chi connectivity index (χ3v) is 1.83. The van der Waals surface area contributed by atoms with Gasteiger partial charge in [-0.2, -0.15) is 0 Å². The van der Waals surface area contributed by atoms with E-state index in [1.165, 1.54) is 12.4 Å². The molecule has 0 spiro atoms. The van der Waals surface area contributed by atoms with Gasteiger partial charge in [-0.3, -0.25) is 4.79 Å². The van der Waals surface area contributed by atoms with Crippen molar-refractivity contribution >= 4 is 16.6 Å². The van der Waals surface area contributed by atoms with Crippen molar-refractivity contribution in [3.8, 4) is 0 Å². The number of hydrogen-bond donors (Lipinski definition) is 1. The molecule has 5 heteroatoms. The summed E-state index contributed by atoms with van der Waals surface area (Å²) in [7, 11) is 0. The van der Waals surface area contributed by atoms with Crippen molar-refractivity contribution in [1.29, 1.82) is 0 Å². The number of halogens is 1. The van der Waals surface area contributed by atoms with E-state index in [1.54, 1.807) is 0 Å². The predicted molar refractivity (Wildman–Crippen MR) is 48.6 cm³/mol. The van der Waals surface area contributed by atoms with Gasteiger partial charge in [0.15, 0.2) is 0 Å². The molecule has 0 atom stereocenters. The van der Waals surface area contributed by atoms with Crippen LogP contribution in [0.1, 0.15) is 0 Å². The Morgan fingerprint density at radius 2 is 2.29 bits per heavy atom. The van der Waals surface area contributed by atoms with Crippen molar-refractivity contribution in [2.24, 2.45) is 0 Å². The molecule has 0 amide bonds. The Balaban J connectivity index is 2.96. The Bertz CT molecular complexity index is 597. The molecule has 0 bridgehead atoms. The molecule has 1 N–H and O–H groups in total. The van der Waals surface area contributed by atoms with Gasteiger partial charge in [0.2, 0.25) is 5.69 Å². The first-order valence-corrected chi connectivity index (χ1v) is 3.77. The molecular weight excluding hydrogens is 185 g/mol. The summed E-state index contributed by atoms with van der Waals surface area (Å²) >= 11 is 0. The standard InChI is InChI=1S/C9H4FN3O/c1-11-8-2-5-7(3-6(8)10)12-4-13-9(5)14/h2-4H,(H,12,13,14). The van der Waals surface area contributed by atoms with E-state index in [-0.39, 0.29) is 22.1 Å². The van der Waals surface area contributed by atoms with E-state index in [4.69, 9.17) is 6.57 Å². The van der Waals surface area contributed by atoms with Crippen molar-refractivity contribution in [2.75, 3.05) is 0 Å². The SMILES string of the molecule is [C-]#[N+]c1cc2c(=O)[nH]cnc2cc1F. The third kappa shape index (κ3) is 1.13. The molecule has 0 radical (unpaired) electrons. The maximum absolute atomic E-state index is 13.1. The summed E-state index contributed by atoms with van der Waals surface area (Å²) in [4.78, 5) is 20.3. The smallest absolute Gasteiger partial charge is 0.257 e. The maximum Gasteiger partial charge on any atom is 0.257 e. The Morgan fingerprint density at radius 3 is 3.00 bits per heavy atom. The van der Waals surface area contributed by atoms with Gasteiger partial charge in [-0.05, 0) is 12.1 Å². The van der Waals surface area contributed by atoms with Crippen LogP contribution in [0.3, 0.4) is 0 Å². The highest BCUT2D eigenvalue weighted by Crippen LogP contribution is 2.21. The lowest BCUT2D eigenvalue weighted by Crippen LogP contribution is -2.06. The van der Waals surface area contributed by atoms with Crippen molar-refractivity contribution < 1.29 is 4.39 Å². The van der Waals surface area contributed by atoms with Crippen LogP contribution in [0.2, 0.25) is 0 Å². The second-order valence-electron chi connectivity index (χ2n) is 2.66. The number of fused-ring (bicyclic) bond motifs is 1. The van der Waals surface area contributed by atoms with E-state index in [2.05, 4.69) is 14.8 Å². The lowest BCUT2D eigenvalue weighted by atomic mass is 10.2. The highest BCUT2D eigenvalue weighted by molar-refractivity contribution is 5.81. The number of benzene rings is 1. The molecule has 2 aromatic rings. The lowest BCUT2D eigenvalue weighted by molar-refractivity contribution is 0.635. The van der Waals surface area contributed by atoms with E-state index in [0.29, 0.717) is 0 Å². The molecule has 1 aromatic heterocycles. The summed E-state index contributed by atoms with van der Waals surface area (Å²) in [6.07, 6.45) is 1.20. The summed E-state index contributed by atoms with van der Waals surface area (Å²) in [6, 6.07) is 2.28. The molecule has 14 heavy (non-hydrogen) atoms. The first-order valence-electron chi connectivity index (χ1n) is 3.77. The maximum atomic E-state index is 13.1. The monoisotopic (exact) mass is 189 g/mol. The number of hydrogen-bond acceptors (Lipinski definition) is 2. The van der Waals surface area contributed by atoms with Gasteiger partial charge in [-0.1, -0.05) is 0 Å². The van der Waals surface area contributed by atoms with Crippen molar-refractivity contribution in [3.63, 3.8) is 0 Å². The molecule has 1 aromatic carbocycles. The lowest BCUT2D eigenvalue weighted by Gasteiger charge is -1.97. The number of nitrogens with one attached hydrogen (secondary N) is 1. The molecular formula is C9H4FN3O. The minimum atomic E-state index is -0.661. The van der Waals surface area contributed by atoms with Gasteiger partial charge in [0, 0.05) is 0 Å². The van der Waals surface area contributed by atoms with Crippen molar-refractivity contribution in [1.82, 2.24) is 9.97 Å². The van der Waals surface area contributed by atoms with Crippen LogP contribution in [0.4, 0.5) is 10.1 Å². The van der Waals surface area contributed by atoms with Gasteiger partial charge >= 0.3 is 0 Å². The number of aromatic amines is 1. The highest BCUT2D eigenvalue weighted by Gasteiger charge is 2.06. The molecule has 0 unspecified atom stereocenters. The molecule has 2 rings (SSSR count). The van der Waals surface area contributed by atoms with Gasteiger partial charge in [-0.25, -0.2) is 14.2 Å². The Morgan fingerprint density at radius 1 is 1.50 bits per heavy atom. The minimum Gasteiger partial charge on any atom is -0.313 e. The molecule has 0 fully saturated rings. The number of H-pyrrole nitrogens is 1. The first kappa shape index (κ1) is 8.38. The summed E-state index contributed by atoms with van der Waals surface area (Å²) in [5, 5.41) is 0.222. The zero-order valence-electron chi connectivity index (χ0n) is 6.91. The van der Waals surface area contributed by atoms with Crippen molar-refractivity contribution in [2.45, 2.75) is 0 Å². The van der Waals surface area contributed by atoms with E-state index < -0.39 is 5.82 Å². The number of rotatable bonds is 0. The Hall–Kier alpha value is -2.22. The van der Waals surface area contributed by atoms with E-state index >= 15 is 0 Å². The average Bonchev–Trinajstić information content (AvgIpc) is 2.17. The van der Waals surface area contributed by atoms with Crippen LogP contribution in [-0.4, -0.2) is 9.97 Å². The molecule has 0 aliphatic carbocycles. The molecule has 0 aliphatic heterocycles. The van der Waals surface area contributed by atoms with Crippen LogP contribution in [0.15, 0.2) is 23.3 Å². The fourth-order valence-electron chi connectivity index (χ4n) is 1.16. The Labute approximate surface area is 77.8 Å². The summed E-state index contributed by atoms with van der Waals surface area (Å²) < 4.78 is 13.1. The van der Waals surface area contributed by atoms with Gasteiger partial charge in [0.1, 0.15) is 5.82 Å². The molecule has 0 saturated carbocycles. The van der Waals surface area contributed by atoms with Crippen LogP contribution < -0.4 is 5.56 Å². The van der Waals surface area contributed by atoms with Gasteiger partial charge in [0.25, 0.3) is 5.56 Å². The van der Waals surface area contributed by atoms with Crippen LogP contribution >= 0.6 is 0 Å². The van der Waals surface area contributed by atoms with E-state index in [0.717, 1.165) is 6.07 Å². The summed E-state index contributed by atoms with van der Waals surface area (Å²) in [5.41, 5.74) is -0.297. The van der Waals surface area contributed by atoms with Gasteiger partial charge in [-0.15, -0.1) is 0 Å². The second kappa shape index (κ2) is 2.92. The predicted octanol–water partition coefficient (Wildman–Crippen LogP) is 1.61. The third-order valence-electron chi connectivity index (χ3n) is 1.83. The normalized spacial score (nSPS) is 10.0. The molecule has 0 saturated heterocycles. The second-order valence-corrected chi connectivity index (χ2v) is 2.66. The average molecular weight is 189 g/mol. The van der Waals surface area contributed by atoms with E-state index in [9.17, 15) is 9.18 Å². The zero-order chi connectivity index (χ0) is 10.1. The molecule has 4 nitrogen and oxygen atoms in total. The Kier molecular flexibility index (Phi) is 1.75. The highest BCUT2D eigenvalue weighted by atomic mass is 19.1. The molecule has 68 valence electrons. The van der Waals surface area contributed by atoms with Crippen LogP contribution in [0.5, 0.6) is 0 Å². The summed E-state index contributed by atoms with van der Waals surface area (Å²) in [5.74, 6) is -0.661. The van der Waals surface area contributed by atoms with Gasteiger partial charge < -0.3 is 4.98 Å². The largest absolute Gasteiger partial charge is 0.313 e. The zero-order valence-corrected chi connectivity index (χ0v) is 6.91. The molecule has 0 aliphatic rings. The van der Waals surface area contributed by atoms with Gasteiger partial charge in [0.05, 0.1) is 23.8 Å². The summed E-state index contributed by atoms with van der Waals surface area (Å²) in [6.45, 7) is 6.68.